The van der Waals surface area contributed by atoms with E-state index in [0.29, 0.717) is 18.4 Å². The Morgan fingerprint density at radius 1 is 1.12 bits per heavy atom. The van der Waals surface area contributed by atoms with Gasteiger partial charge in [-0.05, 0) is 43.0 Å². The van der Waals surface area contributed by atoms with Crippen LogP contribution in [0, 0.1) is 12.8 Å². The van der Waals surface area contributed by atoms with Gasteiger partial charge in [-0.1, -0.05) is 42.0 Å². The van der Waals surface area contributed by atoms with E-state index >= 15 is 0 Å². The van der Waals surface area contributed by atoms with Crippen molar-refractivity contribution in [2.45, 2.75) is 38.5 Å². The average Bonchev–Trinajstić information content (AvgIpc) is 2.77. The molecule has 172 valence electrons. The lowest BCUT2D eigenvalue weighted by Crippen LogP contribution is -2.47. The van der Waals surface area contributed by atoms with Crippen LogP contribution >= 0.6 is 0 Å². The van der Waals surface area contributed by atoms with Gasteiger partial charge < -0.3 is 15.0 Å². The summed E-state index contributed by atoms with van der Waals surface area (Å²) in [5.74, 6) is -0.919. The van der Waals surface area contributed by atoms with Crippen LogP contribution in [0.5, 0.6) is 0 Å². The normalized spacial score (nSPS) is 19.0. The molecule has 2 unspecified atom stereocenters. The number of carbonyl (C=O) groups is 2. The number of aryl methyl sites for hydroxylation is 1. The highest BCUT2D eigenvalue weighted by molar-refractivity contribution is 5.82. The summed E-state index contributed by atoms with van der Waals surface area (Å²) >= 11 is 0. The largest absolute Gasteiger partial charge is 0.416 e. The Bertz CT molecular complexity index is 962. The number of methoxy groups -OCH3 is 1. The SMILES string of the molecule is COCC(=O)N1CC(C(=O)NCc2cccc(C(F)(F)F)c2)CCC1c1cccc(C)c1. The molecule has 32 heavy (non-hydrogen) atoms. The minimum Gasteiger partial charge on any atom is -0.375 e. The zero-order valence-electron chi connectivity index (χ0n) is 18.1. The number of benzene rings is 2. The number of carbonyl (C=O) groups excluding carboxylic acids is 2. The number of amides is 2. The number of nitrogens with zero attached hydrogens (tertiary/aromatic N) is 1. The first-order chi connectivity index (χ1) is 15.2. The summed E-state index contributed by atoms with van der Waals surface area (Å²) in [4.78, 5) is 27.2. The van der Waals surface area contributed by atoms with Gasteiger partial charge >= 0.3 is 6.18 Å². The van der Waals surface area contributed by atoms with Crippen molar-refractivity contribution in [2.24, 2.45) is 5.92 Å². The van der Waals surface area contributed by atoms with Crippen molar-refractivity contribution in [3.8, 4) is 0 Å². The van der Waals surface area contributed by atoms with Crippen molar-refractivity contribution < 1.29 is 27.5 Å². The summed E-state index contributed by atoms with van der Waals surface area (Å²) < 4.78 is 43.7. The van der Waals surface area contributed by atoms with E-state index in [1.807, 2.05) is 31.2 Å². The number of alkyl halides is 3. The first kappa shape index (κ1) is 23.8. The molecular formula is C24H27F3N2O3. The third-order valence-corrected chi connectivity index (χ3v) is 5.69. The molecule has 1 fully saturated rings. The van der Waals surface area contributed by atoms with E-state index in [9.17, 15) is 22.8 Å². The van der Waals surface area contributed by atoms with Gasteiger partial charge in [0.1, 0.15) is 6.61 Å². The quantitative estimate of drug-likeness (QED) is 0.719. The highest BCUT2D eigenvalue weighted by Gasteiger charge is 2.35. The van der Waals surface area contributed by atoms with E-state index in [1.165, 1.54) is 13.2 Å². The predicted octanol–water partition coefficient (Wildman–Crippen LogP) is 4.26. The van der Waals surface area contributed by atoms with Crippen LogP contribution in [0.3, 0.4) is 0 Å². The van der Waals surface area contributed by atoms with E-state index in [-0.39, 0.29) is 37.6 Å². The summed E-state index contributed by atoms with van der Waals surface area (Å²) in [6.45, 7) is 2.13. The molecule has 1 aliphatic heterocycles. The maximum absolute atomic E-state index is 12.9. The van der Waals surface area contributed by atoms with Crippen LogP contribution < -0.4 is 5.32 Å². The number of nitrogens with one attached hydrogen (secondary N) is 1. The summed E-state index contributed by atoms with van der Waals surface area (Å²) in [6, 6.07) is 12.7. The first-order valence-corrected chi connectivity index (χ1v) is 10.5. The minimum atomic E-state index is -4.43. The lowest BCUT2D eigenvalue weighted by Gasteiger charge is -2.39. The summed E-state index contributed by atoms with van der Waals surface area (Å²) in [5, 5.41) is 2.73. The van der Waals surface area contributed by atoms with Gasteiger partial charge in [-0.15, -0.1) is 0 Å². The minimum absolute atomic E-state index is 0.00736. The van der Waals surface area contributed by atoms with Gasteiger partial charge in [0.15, 0.2) is 0 Å². The highest BCUT2D eigenvalue weighted by Crippen LogP contribution is 2.34. The zero-order valence-corrected chi connectivity index (χ0v) is 18.1. The Kier molecular flexibility index (Phi) is 7.56. The van der Waals surface area contributed by atoms with Crippen molar-refractivity contribution in [1.29, 1.82) is 0 Å². The molecule has 0 spiro atoms. The lowest BCUT2D eigenvalue weighted by atomic mass is 9.88. The molecule has 0 aromatic heterocycles. The molecule has 0 aliphatic carbocycles. The molecule has 2 amide bonds. The van der Waals surface area contributed by atoms with Crippen LogP contribution in [-0.2, 0) is 27.0 Å². The van der Waals surface area contributed by atoms with E-state index in [4.69, 9.17) is 4.74 Å². The van der Waals surface area contributed by atoms with Crippen LogP contribution in [0.4, 0.5) is 13.2 Å². The number of piperidine rings is 1. The Balaban J connectivity index is 1.68. The highest BCUT2D eigenvalue weighted by atomic mass is 19.4. The van der Waals surface area contributed by atoms with Crippen molar-refractivity contribution >= 4 is 11.8 Å². The Morgan fingerprint density at radius 2 is 1.88 bits per heavy atom. The van der Waals surface area contributed by atoms with Crippen LogP contribution in [-0.4, -0.2) is 37.0 Å². The monoisotopic (exact) mass is 448 g/mol. The number of ether oxygens (including phenoxy) is 1. The smallest absolute Gasteiger partial charge is 0.375 e. The van der Waals surface area contributed by atoms with Crippen LogP contribution in [0.15, 0.2) is 48.5 Å². The molecule has 0 saturated carbocycles. The van der Waals surface area contributed by atoms with E-state index < -0.39 is 17.7 Å². The second-order valence-electron chi connectivity index (χ2n) is 8.10. The fourth-order valence-electron chi connectivity index (χ4n) is 4.08. The van der Waals surface area contributed by atoms with Crippen LogP contribution in [0.1, 0.15) is 41.1 Å². The maximum Gasteiger partial charge on any atom is 0.416 e. The van der Waals surface area contributed by atoms with Crippen molar-refractivity contribution in [3.05, 3.63) is 70.8 Å². The lowest BCUT2D eigenvalue weighted by molar-refractivity contribution is -0.142. The summed E-state index contributed by atoms with van der Waals surface area (Å²) in [6.07, 6.45) is -3.25. The molecule has 2 atom stereocenters. The van der Waals surface area contributed by atoms with Crippen molar-refractivity contribution in [1.82, 2.24) is 10.2 Å². The third-order valence-electron chi connectivity index (χ3n) is 5.69. The third kappa shape index (κ3) is 5.88. The molecule has 5 nitrogen and oxygen atoms in total. The van der Waals surface area contributed by atoms with Gasteiger partial charge in [-0.2, -0.15) is 13.2 Å². The second kappa shape index (κ2) is 10.2. The Labute approximate surface area is 185 Å². The van der Waals surface area contributed by atoms with E-state index in [1.54, 1.807) is 11.0 Å². The second-order valence-corrected chi connectivity index (χ2v) is 8.10. The molecule has 2 aromatic rings. The molecule has 8 heteroatoms. The molecule has 1 saturated heterocycles. The zero-order chi connectivity index (χ0) is 23.3. The molecule has 3 rings (SSSR count). The van der Waals surface area contributed by atoms with Crippen LogP contribution in [0.2, 0.25) is 0 Å². The standard InChI is InChI=1S/C24H27F3N2O3/c1-16-5-3-7-18(11-16)21-10-9-19(14-29(21)22(30)15-32-2)23(31)28-13-17-6-4-8-20(12-17)24(25,26)27/h3-8,11-12,19,21H,9-10,13-15H2,1-2H3,(H,28,31). The van der Waals surface area contributed by atoms with Crippen molar-refractivity contribution in [2.75, 3.05) is 20.3 Å². The number of likely N-dealkylation sites (tertiary alicyclic amines) is 1. The number of rotatable bonds is 6. The molecule has 0 bridgehead atoms. The van der Waals surface area contributed by atoms with Crippen molar-refractivity contribution in [3.63, 3.8) is 0 Å². The molecule has 1 aliphatic rings. The number of hydrogen-bond acceptors (Lipinski definition) is 3. The fraction of sp³-hybridized carbons (Fsp3) is 0.417. The van der Waals surface area contributed by atoms with Gasteiger partial charge in [0.05, 0.1) is 17.5 Å². The number of halogens is 3. The Hall–Kier alpha value is -2.87. The molecular weight excluding hydrogens is 421 g/mol. The predicted molar refractivity (Wildman–Crippen MR) is 114 cm³/mol. The van der Waals surface area contributed by atoms with Gasteiger partial charge in [-0.3, -0.25) is 9.59 Å². The van der Waals surface area contributed by atoms with Gasteiger partial charge in [0.2, 0.25) is 11.8 Å². The topological polar surface area (TPSA) is 58.6 Å². The number of hydrogen-bond donors (Lipinski definition) is 1. The first-order valence-electron chi connectivity index (χ1n) is 10.5. The molecule has 1 heterocycles. The van der Waals surface area contributed by atoms with Gasteiger partial charge in [0, 0.05) is 20.2 Å². The Morgan fingerprint density at radius 3 is 2.56 bits per heavy atom. The maximum atomic E-state index is 12.9. The average molecular weight is 448 g/mol. The van der Waals surface area contributed by atoms with E-state index in [0.717, 1.165) is 23.3 Å². The fourth-order valence-corrected chi connectivity index (χ4v) is 4.08. The van der Waals surface area contributed by atoms with E-state index in [2.05, 4.69) is 5.32 Å². The molecule has 0 radical (unpaired) electrons. The summed E-state index contributed by atoms with van der Waals surface area (Å²) in [7, 11) is 1.45. The van der Waals surface area contributed by atoms with Crippen LogP contribution in [0.25, 0.3) is 0 Å². The molecule has 1 N–H and O–H groups in total. The van der Waals surface area contributed by atoms with Gasteiger partial charge in [0.25, 0.3) is 0 Å². The molecule has 2 aromatic carbocycles. The summed E-state index contributed by atoms with van der Waals surface area (Å²) in [5.41, 5.74) is 1.72. The van der Waals surface area contributed by atoms with Gasteiger partial charge in [-0.25, -0.2) is 0 Å².